The van der Waals surface area contributed by atoms with Crippen molar-refractivity contribution in [1.82, 2.24) is 4.57 Å². The first-order chi connectivity index (χ1) is 10.6. The van der Waals surface area contributed by atoms with Crippen molar-refractivity contribution in [3.05, 3.63) is 0 Å². The van der Waals surface area contributed by atoms with E-state index in [1.54, 1.807) is 0 Å². The van der Waals surface area contributed by atoms with Crippen molar-refractivity contribution in [2.75, 3.05) is 13.1 Å². The Balaban J connectivity index is 3.91. The third kappa shape index (κ3) is 12.2. The van der Waals surface area contributed by atoms with Gasteiger partial charge in [-0.3, -0.25) is 0 Å². The van der Waals surface area contributed by atoms with Crippen LogP contribution in [0, 0.1) is 0 Å². The Morgan fingerprint density at radius 2 is 1.00 bits per heavy atom. The van der Waals surface area contributed by atoms with Crippen LogP contribution in [0.15, 0.2) is 0 Å². The molecule has 0 aromatic heterocycles. The van der Waals surface area contributed by atoms with Crippen molar-refractivity contribution < 1.29 is 0 Å². The van der Waals surface area contributed by atoms with Crippen LogP contribution >= 0.6 is 0 Å². The van der Waals surface area contributed by atoms with Crippen LogP contribution in [0.4, 0.5) is 0 Å². The number of unbranched alkanes of at least 4 members (excludes halogenated alkanes) is 10. The van der Waals surface area contributed by atoms with Gasteiger partial charge in [0.1, 0.15) is 0 Å². The second-order valence-electron chi connectivity index (χ2n) is 7.69. The molecule has 0 aliphatic carbocycles. The summed E-state index contributed by atoms with van der Waals surface area (Å²) in [5.74, 6) is 0. The van der Waals surface area contributed by atoms with Gasteiger partial charge >= 0.3 is 152 Å². The first-order valence-corrected chi connectivity index (χ1v) is 13.5. The van der Waals surface area contributed by atoms with Crippen molar-refractivity contribution in [1.29, 1.82) is 0 Å². The predicted octanol–water partition coefficient (Wildman–Crippen LogP) is 6.34. The van der Waals surface area contributed by atoms with Gasteiger partial charge in [-0.25, -0.2) is 0 Å². The molecule has 0 saturated carbocycles. The number of hydrogen-bond acceptors (Lipinski definition) is 1. The molecule has 128 valence electrons. The standard InChI is InChI=1S/C19H42NSi.Li/c1-6-8-10-12-14-16-18-20(21(3,4)5)19-17-15-13-11-9-7-2;/h3,6-19H2,1-2,4-5H3;. The zero-order valence-corrected chi connectivity index (χ0v) is 17.6. The van der Waals surface area contributed by atoms with Crippen LogP contribution in [0.25, 0.3) is 0 Å². The van der Waals surface area contributed by atoms with Gasteiger partial charge in [0, 0.05) is 0 Å². The molecule has 0 radical (unpaired) electrons. The van der Waals surface area contributed by atoms with Gasteiger partial charge < -0.3 is 0 Å². The van der Waals surface area contributed by atoms with Crippen molar-refractivity contribution in [2.45, 2.75) is 109 Å². The molecule has 0 N–H and O–H groups in total. The Bertz CT molecular complexity index is 217. The Kier molecular flexibility index (Phi) is 15.8. The molecule has 0 bridgehead atoms. The van der Waals surface area contributed by atoms with Gasteiger partial charge in [-0.2, -0.15) is 0 Å². The van der Waals surface area contributed by atoms with Gasteiger partial charge in [-0.1, -0.05) is 0 Å². The molecule has 0 rings (SSSR count). The second kappa shape index (κ2) is 15.3. The molecule has 3 heteroatoms. The summed E-state index contributed by atoms with van der Waals surface area (Å²) in [6.45, 7) is 12.5. The quantitative estimate of drug-likeness (QED) is 0.237. The van der Waals surface area contributed by atoms with Crippen LogP contribution in [0.3, 0.4) is 0 Å². The van der Waals surface area contributed by atoms with E-state index in [9.17, 15) is 0 Å². The maximum atomic E-state index is 2.91. The summed E-state index contributed by atoms with van der Waals surface area (Å²) in [6, 6.07) is 0. The number of hydrogen-bond donors (Lipinski definition) is 0. The van der Waals surface area contributed by atoms with Crippen molar-refractivity contribution in [2.24, 2.45) is 0 Å². The first kappa shape index (κ1) is 22.8. The van der Waals surface area contributed by atoms with E-state index >= 15 is 0 Å². The maximum absolute atomic E-state index is 2.91. The van der Waals surface area contributed by atoms with Gasteiger partial charge in [0.25, 0.3) is 0 Å². The number of rotatable bonds is 16. The van der Waals surface area contributed by atoms with Crippen LogP contribution in [0.1, 0.15) is 90.9 Å². The summed E-state index contributed by atoms with van der Waals surface area (Å²) < 4.78 is 4.31. The molecule has 0 atom stereocenters. The van der Waals surface area contributed by atoms with E-state index in [2.05, 4.69) is 49.2 Å². The fraction of sp³-hybridized carbons (Fsp3) is 1.00. The Hall–Kier alpha value is 0.774. The van der Waals surface area contributed by atoms with Crippen LogP contribution in [-0.4, -0.2) is 43.6 Å². The van der Waals surface area contributed by atoms with E-state index in [0.29, 0.717) is 0 Å². The topological polar surface area (TPSA) is 3.24 Å². The minimum atomic E-state index is -1.12. The third-order valence-electron chi connectivity index (χ3n) is 5.28. The molecule has 0 aliphatic heterocycles. The van der Waals surface area contributed by atoms with Gasteiger partial charge in [0.05, 0.1) is 0 Å². The van der Waals surface area contributed by atoms with E-state index in [4.69, 9.17) is 0 Å². The van der Waals surface area contributed by atoms with Crippen molar-refractivity contribution >= 4 is 26.0 Å². The minimum absolute atomic E-state index is 1.12. The number of nitrogens with zero attached hydrogens (tertiary/aromatic N) is 1. The molecular weight excluding hydrogens is 277 g/mol. The average molecular weight is 320 g/mol. The second-order valence-corrected chi connectivity index (χ2v) is 12.7. The molecule has 0 saturated heterocycles. The van der Waals surface area contributed by atoms with Crippen LogP contribution < -0.4 is 0 Å². The monoisotopic (exact) mass is 319 g/mol. The van der Waals surface area contributed by atoms with Gasteiger partial charge in [0.15, 0.2) is 0 Å². The molecule has 0 aromatic carbocycles. The normalized spacial score (nSPS) is 12.3. The van der Waals surface area contributed by atoms with Crippen LogP contribution in [-0.2, 0) is 0 Å². The zero-order chi connectivity index (χ0) is 16.7. The van der Waals surface area contributed by atoms with E-state index in [-0.39, 0.29) is 0 Å². The molecule has 0 amide bonds. The molecular formula is C19H42LiNSi. The van der Waals surface area contributed by atoms with Crippen molar-refractivity contribution in [3.8, 4) is 0 Å². The molecule has 0 unspecified atom stereocenters. The predicted molar refractivity (Wildman–Crippen MR) is 106 cm³/mol. The Morgan fingerprint density at radius 3 is 1.36 bits per heavy atom. The SMILES string of the molecule is [Li][CH2][Si](C)(C)N(CCCCCCCC)CCCCCCCC. The van der Waals surface area contributed by atoms with Gasteiger partial charge in [-0.05, 0) is 0 Å². The summed E-state index contributed by atoms with van der Waals surface area (Å²) >= 11 is 2.40. The molecule has 0 spiro atoms. The Labute approximate surface area is 152 Å². The first-order valence-electron chi connectivity index (χ1n) is 10.3. The molecule has 0 heterocycles. The van der Waals surface area contributed by atoms with Gasteiger partial charge in [0.2, 0.25) is 0 Å². The van der Waals surface area contributed by atoms with E-state index < -0.39 is 8.24 Å². The van der Waals surface area contributed by atoms with Crippen LogP contribution in [0.5, 0.6) is 0 Å². The van der Waals surface area contributed by atoms with Gasteiger partial charge in [-0.15, -0.1) is 0 Å². The van der Waals surface area contributed by atoms with Crippen LogP contribution in [0.2, 0.25) is 17.8 Å². The molecule has 0 aromatic rings. The average Bonchev–Trinajstić information content (AvgIpc) is 2.51. The van der Waals surface area contributed by atoms with E-state index in [1.165, 1.54) is 94.9 Å². The zero-order valence-electron chi connectivity index (χ0n) is 16.6. The molecule has 0 fully saturated rings. The molecule has 0 aliphatic rings. The summed E-state index contributed by atoms with van der Waals surface area (Å²) in [5, 5.41) is 0. The fourth-order valence-corrected chi connectivity index (χ4v) is 5.08. The van der Waals surface area contributed by atoms with Crippen molar-refractivity contribution in [3.63, 3.8) is 0 Å². The summed E-state index contributed by atoms with van der Waals surface area (Å²) in [4.78, 5) is 0. The summed E-state index contributed by atoms with van der Waals surface area (Å²) in [7, 11) is -1.12. The van der Waals surface area contributed by atoms with E-state index in [0.717, 1.165) is 0 Å². The molecule has 1 nitrogen and oxygen atoms in total. The Morgan fingerprint density at radius 1 is 0.636 bits per heavy atom. The van der Waals surface area contributed by atoms with E-state index in [1.807, 2.05) is 0 Å². The fourth-order valence-electron chi connectivity index (χ4n) is 3.11. The summed E-state index contributed by atoms with van der Waals surface area (Å²) in [5.41, 5.74) is 0. The third-order valence-corrected chi connectivity index (χ3v) is 9.17. The molecule has 22 heavy (non-hydrogen) atoms. The summed E-state index contributed by atoms with van der Waals surface area (Å²) in [6.07, 6.45) is 17.1.